The Balaban J connectivity index is 3.77. The van der Waals surface area contributed by atoms with Crippen molar-refractivity contribution in [3.05, 3.63) is 0 Å². The Labute approximate surface area is 224 Å². The second kappa shape index (κ2) is 22.2. The highest BCUT2D eigenvalue weighted by Gasteiger charge is 2.14. The van der Waals surface area contributed by atoms with Gasteiger partial charge in [-0.25, -0.2) is 15.2 Å². The van der Waals surface area contributed by atoms with E-state index in [9.17, 15) is 39.6 Å². The first-order valence-electron chi connectivity index (χ1n) is 13.3. The van der Waals surface area contributed by atoms with Gasteiger partial charge in [0.25, 0.3) is 0 Å². The Morgan fingerprint density at radius 3 is 1.42 bits per heavy atom. The monoisotopic (exact) mass is 546 g/mol. The highest BCUT2D eigenvalue weighted by molar-refractivity contribution is 5.83. The number of nitrogens with one attached hydrogen (secondary N) is 2. The molecule has 0 aromatic rings. The smallest absolute Gasteiger partial charge is 0.246 e. The van der Waals surface area contributed by atoms with Crippen LogP contribution in [0.3, 0.4) is 0 Å². The summed E-state index contributed by atoms with van der Waals surface area (Å²) in [5.41, 5.74) is 5.39. The number of carbonyl (C=O) groups excluding carboxylic acids is 5. The van der Waals surface area contributed by atoms with Crippen LogP contribution < -0.4 is 16.4 Å². The van der Waals surface area contributed by atoms with Crippen LogP contribution in [0.2, 0.25) is 0 Å². The normalized spacial score (nSPS) is 10.6. The van der Waals surface area contributed by atoms with Gasteiger partial charge < -0.3 is 16.4 Å². The molecular weight excluding hydrogens is 500 g/mol. The molecule has 220 valence electrons. The maximum absolute atomic E-state index is 12.0. The molecule has 0 unspecified atom stereocenters. The van der Waals surface area contributed by atoms with Gasteiger partial charge in [-0.1, -0.05) is 6.42 Å². The van der Waals surface area contributed by atoms with Crippen molar-refractivity contribution in [2.24, 2.45) is 5.73 Å². The first kappa shape index (κ1) is 35.2. The number of hydroxylamine groups is 6. The molecule has 14 nitrogen and oxygen atoms in total. The Morgan fingerprint density at radius 2 is 0.974 bits per heavy atom. The van der Waals surface area contributed by atoms with E-state index in [2.05, 4.69) is 10.6 Å². The summed E-state index contributed by atoms with van der Waals surface area (Å²) >= 11 is 0. The van der Waals surface area contributed by atoms with Crippen LogP contribution in [0, 0.1) is 0 Å². The average Bonchev–Trinajstić information content (AvgIpc) is 2.89. The molecule has 0 aromatic carbocycles. The molecule has 0 fully saturated rings. The van der Waals surface area contributed by atoms with Gasteiger partial charge in [-0.3, -0.25) is 39.6 Å². The molecule has 0 bridgehead atoms. The molecule has 0 heterocycles. The number of rotatable bonds is 22. The van der Waals surface area contributed by atoms with E-state index in [1.165, 1.54) is 6.92 Å². The number of unbranched alkanes of at least 4 members (excludes halogenated alkanes) is 5. The largest absolute Gasteiger partial charge is 0.356 e. The molecule has 0 atom stereocenters. The Bertz CT molecular complexity index is 724. The predicted molar refractivity (Wildman–Crippen MR) is 137 cm³/mol. The molecule has 38 heavy (non-hydrogen) atoms. The van der Waals surface area contributed by atoms with Crippen LogP contribution in [-0.2, 0) is 24.0 Å². The van der Waals surface area contributed by atoms with E-state index in [0.717, 1.165) is 12.8 Å². The highest BCUT2D eigenvalue weighted by atomic mass is 16.5. The zero-order valence-corrected chi connectivity index (χ0v) is 22.5. The van der Waals surface area contributed by atoms with Crippen LogP contribution >= 0.6 is 0 Å². The summed E-state index contributed by atoms with van der Waals surface area (Å²) in [7, 11) is 0. The van der Waals surface area contributed by atoms with Crippen molar-refractivity contribution in [2.75, 3.05) is 39.3 Å². The van der Waals surface area contributed by atoms with Gasteiger partial charge in [0.2, 0.25) is 29.5 Å². The number of carbonyl (C=O) groups is 5. The average molecular weight is 547 g/mol. The van der Waals surface area contributed by atoms with Crippen LogP contribution in [-0.4, -0.2) is 99.6 Å². The first-order chi connectivity index (χ1) is 18.1. The summed E-state index contributed by atoms with van der Waals surface area (Å²) in [6.45, 7) is 3.05. The zero-order chi connectivity index (χ0) is 28.8. The number of nitrogens with zero attached hydrogens (tertiary/aromatic N) is 3. The van der Waals surface area contributed by atoms with Crippen molar-refractivity contribution in [1.29, 1.82) is 0 Å². The van der Waals surface area contributed by atoms with E-state index in [1.807, 2.05) is 0 Å². The minimum absolute atomic E-state index is 0.0215. The van der Waals surface area contributed by atoms with Crippen LogP contribution in [0.1, 0.15) is 84.0 Å². The molecule has 0 aliphatic carbocycles. The summed E-state index contributed by atoms with van der Waals surface area (Å²) in [6, 6.07) is 0. The number of hydrogen-bond donors (Lipinski definition) is 6. The molecule has 0 rings (SSSR count). The Hall–Kier alpha value is -2.81. The Kier molecular flexibility index (Phi) is 20.6. The lowest BCUT2D eigenvalue weighted by molar-refractivity contribution is -0.166. The van der Waals surface area contributed by atoms with Crippen LogP contribution in [0.15, 0.2) is 0 Å². The molecule has 0 aromatic heterocycles. The fourth-order valence-corrected chi connectivity index (χ4v) is 3.27. The molecule has 7 N–H and O–H groups in total. The number of nitrogens with two attached hydrogens (primary N) is 1. The molecule has 0 saturated carbocycles. The lowest BCUT2D eigenvalue weighted by Gasteiger charge is -2.15. The third-order valence-corrected chi connectivity index (χ3v) is 5.63. The van der Waals surface area contributed by atoms with Crippen molar-refractivity contribution < 1.29 is 39.6 Å². The zero-order valence-electron chi connectivity index (χ0n) is 22.5. The summed E-state index contributed by atoms with van der Waals surface area (Å²) < 4.78 is 0. The molecule has 0 spiro atoms. The van der Waals surface area contributed by atoms with E-state index in [-0.39, 0.29) is 57.1 Å². The lowest BCUT2D eigenvalue weighted by atomic mass is 10.2. The van der Waals surface area contributed by atoms with E-state index in [4.69, 9.17) is 5.73 Å². The van der Waals surface area contributed by atoms with Crippen molar-refractivity contribution in [3.8, 4) is 0 Å². The summed E-state index contributed by atoms with van der Waals surface area (Å²) in [4.78, 5) is 58.3. The highest BCUT2D eigenvalue weighted by Crippen LogP contribution is 2.03. The minimum Gasteiger partial charge on any atom is -0.356 e. The summed E-state index contributed by atoms with van der Waals surface area (Å²) in [5, 5.41) is 35.9. The predicted octanol–water partition coefficient (Wildman–Crippen LogP) is 0.532. The molecular formula is C24H46N6O8. The topological polar surface area (TPSA) is 206 Å². The van der Waals surface area contributed by atoms with E-state index in [1.54, 1.807) is 0 Å². The van der Waals surface area contributed by atoms with Gasteiger partial charge in [0, 0.05) is 65.3 Å². The number of hydrogen-bond acceptors (Lipinski definition) is 9. The van der Waals surface area contributed by atoms with Crippen LogP contribution in [0.5, 0.6) is 0 Å². The quantitative estimate of drug-likeness (QED) is 0.0635. The molecule has 5 amide bonds. The molecule has 0 saturated heterocycles. The first-order valence-corrected chi connectivity index (χ1v) is 13.3. The molecule has 14 heteroatoms. The van der Waals surface area contributed by atoms with Crippen LogP contribution in [0.25, 0.3) is 0 Å². The van der Waals surface area contributed by atoms with Gasteiger partial charge in [-0.2, -0.15) is 0 Å². The lowest BCUT2D eigenvalue weighted by Crippen LogP contribution is -2.31. The van der Waals surface area contributed by atoms with Gasteiger partial charge in [-0.05, 0) is 51.5 Å². The van der Waals surface area contributed by atoms with E-state index >= 15 is 0 Å². The fourth-order valence-electron chi connectivity index (χ4n) is 3.27. The fraction of sp³-hybridized carbons (Fsp3) is 0.792. The molecule has 0 radical (unpaired) electrons. The van der Waals surface area contributed by atoms with Gasteiger partial charge in [-0.15, -0.1) is 0 Å². The third-order valence-electron chi connectivity index (χ3n) is 5.63. The van der Waals surface area contributed by atoms with Crippen molar-refractivity contribution >= 4 is 29.5 Å². The van der Waals surface area contributed by atoms with Gasteiger partial charge in [0.1, 0.15) is 0 Å². The van der Waals surface area contributed by atoms with Crippen LogP contribution in [0.4, 0.5) is 0 Å². The SMILES string of the molecule is CC(=O)N(O)CCCCNC(=O)CCC(=O)N(O)CCCCCNC(=O)CCC(=O)N(O)CCCCCN. The summed E-state index contributed by atoms with van der Waals surface area (Å²) in [6.07, 6.45) is 4.85. The van der Waals surface area contributed by atoms with Gasteiger partial charge in [0.15, 0.2) is 0 Å². The van der Waals surface area contributed by atoms with E-state index in [0.29, 0.717) is 73.3 Å². The number of amides is 5. The second-order valence-corrected chi connectivity index (χ2v) is 8.99. The van der Waals surface area contributed by atoms with Gasteiger partial charge >= 0.3 is 0 Å². The van der Waals surface area contributed by atoms with Gasteiger partial charge in [0.05, 0.1) is 0 Å². The Morgan fingerprint density at radius 1 is 0.579 bits per heavy atom. The maximum Gasteiger partial charge on any atom is 0.246 e. The molecule has 0 aliphatic rings. The van der Waals surface area contributed by atoms with Crippen molar-refractivity contribution in [1.82, 2.24) is 25.8 Å². The van der Waals surface area contributed by atoms with Crippen molar-refractivity contribution in [2.45, 2.75) is 84.0 Å². The summed E-state index contributed by atoms with van der Waals surface area (Å²) in [5.74, 6) is -2.13. The standard InChI is InChI=1S/C24H46N6O8/c1-20(31)28(36)17-9-6-16-27-22(33)11-13-24(35)30(38)19-8-3-5-15-26-21(32)10-12-23(34)29(37)18-7-2-4-14-25/h36-38H,2-19,25H2,1H3,(H,26,32)(H,27,33). The van der Waals surface area contributed by atoms with E-state index < -0.39 is 17.7 Å². The molecule has 0 aliphatic heterocycles. The minimum atomic E-state index is -0.562. The maximum atomic E-state index is 12.0. The third kappa shape index (κ3) is 19.3. The second-order valence-electron chi connectivity index (χ2n) is 8.99. The van der Waals surface area contributed by atoms with Crippen molar-refractivity contribution in [3.63, 3.8) is 0 Å².